The molecule has 0 spiro atoms. The molecular formula is C13H9BrFN3S. The fourth-order valence-electron chi connectivity index (χ4n) is 2.07. The highest BCUT2D eigenvalue weighted by molar-refractivity contribution is 9.10. The second kappa shape index (κ2) is 4.54. The molecule has 3 aromatic rings. The first-order chi connectivity index (χ1) is 9.08. The average molecular weight is 338 g/mol. The van der Waals surface area contributed by atoms with E-state index in [-0.39, 0.29) is 5.82 Å². The Morgan fingerprint density at radius 1 is 1.42 bits per heavy atom. The van der Waals surface area contributed by atoms with Gasteiger partial charge in [0, 0.05) is 6.20 Å². The van der Waals surface area contributed by atoms with Crippen LogP contribution in [0.5, 0.6) is 0 Å². The number of pyridine rings is 1. The predicted octanol–water partition coefficient (Wildman–Crippen LogP) is 4.29. The summed E-state index contributed by atoms with van der Waals surface area (Å²) in [5.41, 5.74) is 3.43. The number of nitrogens with one attached hydrogen (secondary N) is 1. The van der Waals surface area contributed by atoms with Crippen molar-refractivity contribution in [3.8, 4) is 5.69 Å². The lowest BCUT2D eigenvalue weighted by Crippen LogP contribution is -1.98. The fraction of sp³-hybridized carbons (Fsp3) is 0.0769. The summed E-state index contributed by atoms with van der Waals surface area (Å²) in [6, 6.07) is 5.09. The number of hydrogen-bond donors (Lipinski definition) is 1. The molecule has 19 heavy (non-hydrogen) atoms. The van der Waals surface area contributed by atoms with Gasteiger partial charge in [-0.05, 0) is 58.8 Å². The molecule has 1 N–H and O–H groups in total. The molecule has 0 unspecified atom stereocenters. The molecule has 0 atom stereocenters. The normalized spacial score (nSPS) is 11.1. The van der Waals surface area contributed by atoms with E-state index in [0.717, 1.165) is 22.3 Å². The van der Waals surface area contributed by atoms with Crippen LogP contribution >= 0.6 is 28.1 Å². The Bertz CT molecular complexity index is 838. The molecule has 96 valence electrons. The minimum Gasteiger partial charge on any atom is -0.329 e. The van der Waals surface area contributed by atoms with Gasteiger partial charge in [-0.1, -0.05) is 0 Å². The summed E-state index contributed by atoms with van der Waals surface area (Å²) in [6.07, 6.45) is 3.42. The molecule has 0 fully saturated rings. The third-order valence-electron chi connectivity index (χ3n) is 2.96. The van der Waals surface area contributed by atoms with Crippen molar-refractivity contribution in [1.29, 1.82) is 0 Å². The highest BCUT2D eigenvalue weighted by Crippen LogP contribution is 2.26. The van der Waals surface area contributed by atoms with E-state index in [9.17, 15) is 4.39 Å². The Balaban J connectivity index is 2.40. The van der Waals surface area contributed by atoms with Gasteiger partial charge in [-0.25, -0.2) is 4.39 Å². The summed E-state index contributed by atoms with van der Waals surface area (Å²) in [5.74, 6) is -0.283. The number of rotatable bonds is 1. The topological polar surface area (TPSA) is 33.6 Å². The second-order valence-corrected chi connectivity index (χ2v) is 5.45. The minimum atomic E-state index is -0.283. The first kappa shape index (κ1) is 12.5. The molecule has 0 amide bonds. The van der Waals surface area contributed by atoms with Gasteiger partial charge in [0.05, 0.1) is 27.4 Å². The van der Waals surface area contributed by atoms with Crippen molar-refractivity contribution < 1.29 is 4.39 Å². The standard InChI is InChI=1S/C13H9BrFN3S/c1-7-4-9(15)8(14)5-12(7)18-11-2-3-16-6-10(11)17-13(18)19/h2-6H,1H3,(H,17,19). The van der Waals surface area contributed by atoms with E-state index in [2.05, 4.69) is 25.9 Å². The number of H-pyrrole nitrogens is 1. The molecule has 3 rings (SSSR count). The highest BCUT2D eigenvalue weighted by Gasteiger charge is 2.11. The summed E-state index contributed by atoms with van der Waals surface area (Å²) in [5, 5.41) is 0. The third kappa shape index (κ3) is 2.01. The molecular weight excluding hydrogens is 329 g/mol. The first-order valence-electron chi connectivity index (χ1n) is 5.58. The summed E-state index contributed by atoms with van der Waals surface area (Å²) < 4.78 is 16.4. The van der Waals surface area contributed by atoms with Crippen LogP contribution < -0.4 is 0 Å². The van der Waals surface area contributed by atoms with Gasteiger partial charge in [0.1, 0.15) is 5.82 Å². The Morgan fingerprint density at radius 2 is 2.21 bits per heavy atom. The van der Waals surface area contributed by atoms with Crippen LogP contribution in [0.4, 0.5) is 4.39 Å². The lowest BCUT2D eigenvalue weighted by molar-refractivity contribution is 0.619. The van der Waals surface area contributed by atoms with Crippen LogP contribution in [-0.2, 0) is 0 Å². The number of aryl methyl sites for hydroxylation is 1. The Labute approximate surface area is 122 Å². The maximum atomic E-state index is 13.5. The van der Waals surface area contributed by atoms with Gasteiger partial charge in [0.15, 0.2) is 4.77 Å². The Hall–Kier alpha value is -1.53. The van der Waals surface area contributed by atoms with Crippen LogP contribution in [0.25, 0.3) is 16.7 Å². The lowest BCUT2D eigenvalue weighted by atomic mass is 10.2. The van der Waals surface area contributed by atoms with Crippen LogP contribution in [0, 0.1) is 17.5 Å². The SMILES string of the molecule is Cc1cc(F)c(Br)cc1-n1c(=S)[nH]c2cnccc21. The van der Waals surface area contributed by atoms with Gasteiger partial charge in [0.2, 0.25) is 0 Å². The summed E-state index contributed by atoms with van der Waals surface area (Å²) in [4.78, 5) is 7.15. The molecule has 0 saturated carbocycles. The molecule has 3 nitrogen and oxygen atoms in total. The number of aromatic amines is 1. The van der Waals surface area contributed by atoms with Gasteiger partial charge < -0.3 is 4.98 Å². The molecule has 0 aliphatic heterocycles. The van der Waals surface area contributed by atoms with E-state index in [1.54, 1.807) is 18.5 Å². The molecule has 2 aromatic heterocycles. The molecule has 0 saturated heterocycles. The monoisotopic (exact) mass is 337 g/mol. The lowest BCUT2D eigenvalue weighted by Gasteiger charge is -2.09. The van der Waals surface area contributed by atoms with Crippen molar-refractivity contribution in [3.63, 3.8) is 0 Å². The number of hydrogen-bond acceptors (Lipinski definition) is 2. The van der Waals surface area contributed by atoms with E-state index in [4.69, 9.17) is 12.2 Å². The fourth-order valence-corrected chi connectivity index (χ4v) is 2.71. The van der Waals surface area contributed by atoms with Gasteiger partial charge in [-0.2, -0.15) is 0 Å². The van der Waals surface area contributed by atoms with Crippen molar-refractivity contribution in [2.75, 3.05) is 0 Å². The van der Waals surface area contributed by atoms with Gasteiger partial charge in [-0.3, -0.25) is 9.55 Å². The van der Waals surface area contributed by atoms with Crippen molar-refractivity contribution in [3.05, 3.63) is 51.2 Å². The van der Waals surface area contributed by atoms with Crippen LogP contribution in [0.1, 0.15) is 5.56 Å². The first-order valence-corrected chi connectivity index (χ1v) is 6.79. The Morgan fingerprint density at radius 3 is 3.00 bits per heavy atom. The molecule has 2 heterocycles. The number of nitrogens with zero attached hydrogens (tertiary/aromatic N) is 2. The quantitative estimate of drug-likeness (QED) is 0.672. The van der Waals surface area contributed by atoms with E-state index in [0.29, 0.717) is 9.24 Å². The average Bonchev–Trinajstić information content (AvgIpc) is 2.70. The van der Waals surface area contributed by atoms with Crippen molar-refractivity contribution in [1.82, 2.24) is 14.5 Å². The largest absolute Gasteiger partial charge is 0.329 e. The zero-order chi connectivity index (χ0) is 13.6. The predicted molar refractivity (Wildman–Crippen MR) is 78.6 cm³/mol. The molecule has 0 aliphatic rings. The van der Waals surface area contributed by atoms with E-state index < -0.39 is 0 Å². The zero-order valence-electron chi connectivity index (χ0n) is 9.95. The van der Waals surface area contributed by atoms with E-state index in [1.807, 2.05) is 17.6 Å². The number of fused-ring (bicyclic) bond motifs is 1. The van der Waals surface area contributed by atoms with E-state index >= 15 is 0 Å². The number of aromatic nitrogens is 3. The van der Waals surface area contributed by atoms with E-state index in [1.165, 1.54) is 6.07 Å². The highest BCUT2D eigenvalue weighted by atomic mass is 79.9. The van der Waals surface area contributed by atoms with Crippen molar-refractivity contribution in [2.45, 2.75) is 6.92 Å². The van der Waals surface area contributed by atoms with Gasteiger partial charge >= 0.3 is 0 Å². The minimum absolute atomic E-state index is 0.283. The van der Waals surface area contributed by atoms with Crippen LogP contribution in [0.15, 0.2) is 35.1 Å². The molecule has 6 heteroatoms. The van der Waals surface area contributed by atoms with Gasteiger partial charge in [-0.15, -0.1) is 0 Å². The molecule has 0 radical (unpaired) electrons. The zero-order valence-corrected chi connectivity index (χ0v) is 12.3. The van der Waals surface area contributed by atoms with Crippen molar-refractivity contribution >= 4 is 39.2 Å². The summed E-state index contributed by atoms with van der Waals surface area (Å²) in [6.45, 7) is 1.85. The summed E-state index contributed by atoms with van der Waals surface area (Å²) in [7, 11) is 0. The van der Waals surface area contributed by atoms with Crippen LogP contribution in [-0.4, -0.2) is 14.5 Å². The molecule has 0 aliphatic carbocycles. The summed E-state index contributed by atoms with van der Waals surface area (Å²) >= 11 is 8.55. The maximum absolute atomic E-state index is 13.5. The molecule has 0 bridgehead atoms. The third-order valence-corrected chi connectivity index (χ3v) is 3.86. The number of benzene rings is 1. The smallest absolute Gasteiger partial charge is 0.182 e. The number of imidazole rings is 1. The second-order valence-electron chi connectivity index (χ2n) is 4.21. The maximum Gasteiger partial charge on any atom is 0.182 e. The van der Waals surface area contributed by atoms with Crippen LogP contribution in [0.3, 0.4) is 0 Å². The Kier molecular flexibility index (Phi) is 2.99. The van der Waals surface area contributed by atoms with Crippen LogP contribution in [0.2, 0.25) is 0 Å². The van der Waals surface area contributed by atoms with Gasteiger partial charge in [0.25, 0.3) is 0 Å². The van der Waals surface area contributed by atoms with Crippen molar-refractivity contribution in [2.24, 2.45) is 0 Å². The number of halogens is 2. The molecule has 1 aromatic carbocycles.